The van der Waals surface area contributed by atoms with Gasteiger partial charge in [0.25, 0.3) is 5.69 Å². The molecule has 10 heteroatoms. The first kappa shape index (κ1) is 19.2. The van der Waals surface area contributed by atoms with Gasteiger partial charge in [0.15, 0.2) is 0 Å². The largest absolute Gasteiger partial charge is 0.337 e. The summed E-state index contributed by atoms with van der Waals surface area (Å²) in [6.45, 7) is 0.937. The Bertz CT molecular complexity index is 945. The molecule has 142 valence electrons. The lowest BCUT2D eigenvalue weighted by Crippen LogP contribution is -2.50. The fourth-order valence-corrected chi connectivity index (χ4v) is 4.73. The molecule has 0 saturated carbocycles. The molecular weight excluding hydrogens is 390 g/mol. The van der Waals surface area contributed by atoms with E-state index in [9.17, 15) is 23.3 Å². The Morgan fingerprint density at radius 1 is 1.11 bits per heavy atom. The van der Waals surface area contributed by atoms with Crippen molar-refractivity contribution in [3.05, 3.63) is 62.8 Å². The summed E-state index contributed by atoms with van der Waals surface area (Å²) in [5, 5.41) is 14.5. The monoisotopic (exact) mass is 407 g/mol. The van der Waals surface area contributed by atoms with Crippen molar-refractivity contribution in [2.75, 3.05) is 26.2 Å². The van der Waals surface area contributed by atoms with E-state index in [1.807, 2.05) is 16.8 Å². The second kappa shape index (κ2) is 7.99. The van der Waals surface area contributed by atoms with Gasteiger partial charge in [0.2, 0.25) is 15.9 Å². The lowest BCUT2D eigenvalue weighted by atomic mass is 10.3. The fourth-order valence-electron chi connectivity index (χ4n) is 2.68. The number of rotatable bonds is 5. The van der Waals surface area contributed by atoms with Crippen molar-refractivity contribution in [2.24, 2.45) is 0 Å². The molecule has 0 bridgehead atoms. The van der Waals surface area contributed by atoms with Crippen LogP contribution < -0.4 is 0 Å². The Morgan fingerprint density at radius 3 is 2.33 bits per heavy atom. The molecule has 27 heavy (non-hydrogen) atoms. The number of benzene rings is 1. The molecule has 0 atom stereocenters. The molecule has 0 radical (unpaired) electrons. The third-order valence-corrected chi connectivity index (χ3v) is 6.81. The summed E-state index contributed by atoms with van der Waals surface area (Å²) in [6.07, 6.45) is 3.22. The van der Waals surface area contributed by atoms with Crippen LogP contribution in [0.25, 0.3) is 6.08 Å². The van der Waals surface area contributed by atoms with Gasteiger partial charge in [0.05, 0.1) is 9.82 Å². The molecule has 1 saturated heterocycles. The zero-order chi connectivity index (χ0) is 19.4. The van der Waals surface area contributed by atoms with Crippen LogP contribution in [0, 0.1) is 10.1 Å². The molecular formula is C17H17N3O5S2. The first-order chi connectivity index (χ1) is 12.9. The van der Waals surface area contributed by atoms with E-state index >= 15 is 0 Å². The van der Waals surface area contributed by atoms with Crippen LogP contribution in [0.2, 0.25) is 0 Å². The molecule has 0 spiro atoms. The fraction of sp³-hybridized carbons (Fsp3) is 0.235. The maximum absolute atomic E-state index is 12.7. The first-order valence-corrected chi connectivity index (χ1v) is 10.5. The lowest BCUT2D eigenvalue weighted by molar-refractivity contribution is -0.384. The highest BCUT2D eigenvalue weighted by Gasteiger charge is 2.29. The van der Waals surface area contributed by atoms with Gasteiger partial charge in [-0.1, -0.05) is 0 Å². The Balaban J connectivity index is 1.62. The van der Waals surface area contributed by atoms with Gasteiger partial charge in [0, 0.05) is 44.4 Å². The second-order valence-electron chi connectivity index (χ2n) is 5.87. The SMILES string of the molecule is O=C(/C=C/c1ccsc1)N1CCN(S(=O)(=O)c2ccc([N+](=O)[O-])cc2)CC1. The van der Waals surface area contributed by atoms with E-state index in [0.717, 1.165) is 5.56 Å². The van der Waals surface area contributed by atoms with E-state index in [1.54, 1.807) is 22.3 Å². The number of carbonyl (C=O) groups is 1. The lowest BCUT2D eigenvalue weighted by Gasteiger charge is -2.33. The quantitative estimate of drug-likeness (QED) is 0.430. The van der Waals surface area contributed by atoms with Gasteiger partial charge < -0.3 is 4.90 Å². The number of nitro groups is 1. The Morgan fingerprint density at radius 2 is 1.78 bits per heavy atom. The highest BCUT2D eigenvalue weighted by molar-refractivity contribution is 7.89. The van der Waals surface area contributed by atoms with Crippen molar-refractivity contribution >= 4 is 39.0 Å². The number of sulfonamides is 1. The smallest absolute Gasteiger partial charge is 0.269 e. The standard InChI is InChI=1S/C17H17N3O5S2/c21-17(6-1-14-7-12-26-13-14)18-8-10-19(11-9-18)27(24,25)16-4-2-15(3-5-16)20(22)23/h1-7,12-13H,8-11H2/b6-1+. The summed E-state index contributed by atoms with van der Waals surface area (Å²) in [5.41, 5.74) is 0.787. The summed E-state index contributed by atoms with van der Waals surface area (Å²) >= 11 is 1.54. The van der Waals surface area contributed by atoms with E-state index in [1.165, 1.54) is 34.6 Å². The number of amides is 1. The highest BCUT2D eigenvalue weighted by atomic mass is 32.2. The number of piperazine rings is 1. The summed E-state index contributed by atoms with van der Waals surface area (Å²) < 4.78 is 26.6. The molecule has 2 aromatic rings. The topological polar surface area (TPSA) is 101 Å². The van der Waals surface area contributed by atoms with Crippen molar-refractivity contribution in [3.8, 4) is 0 Å². The van der Waals surface area contributed by atoms with Crippen LogP contribution in [0.5, 0.6) is 0 Å². The summed E-state index contributed by atoms with van der Waals surface area (Å²) in [5.74, 6) is -0.159. The van der Waals surface area contributed by atoms with Crippen molar-refractivity contribution in [1.82, 2.24) is 9.21 Å². The first-order valence-electron chi connectivity index (χ1n) is 8.12. The van der Waals surface area contributed by atoms with Crippen molar-refractivity contribution in [1.29, 1.82) is 0 Å². The second-order valence-corrected chi connectivity index (χ2v) is 8.59. The average molecular weight is 407 g/mol. The van der Waals surface area contributed by atoms with Gasteiger partial charge in [-0.25, -0.2) is 8.42 Å². The van der Waals surface area contributed by atoms with Crippen LogP contribution in [0.3, 0.4) is 0 Å². The number of hydrogen-bond donors (Lipinski definition) is 0. The molecule has 2 heterocycles. The van der Waals surface area contributed by atoms with E-state index in [2.05, 4.69) is 0 Å². The molecule has 1 aliphatic heterocycles. The van der Waals surface area contributed by atoms with Crippen molar-refractivity contribution < 1.29 is 18.1 Å². The minimum absolute atomic E-state index is 0.00484. The number of non-ortho nitro benzene ring substituents is 1. The Labute approximate surface area is 160 Å². The minimum atomic E-state index is -3.75. The van der Waals surface area contributed by atoms with Crippen molar-refractivity contribution in [2.45, 2.75) is 4.90 Å². The zero-order valence-corrected chi connectivity index (χ0v) is 15.9. The van der Waals surface area contributed by atoms with Gasteiger partial charge >= 0.3 is 0 Å². The molecule has 3 rings (SSSR count). The predicted molar refractivity (Wildman–Crippen MR) is 102 cm³/mol. The molecule has 0 aliphatic carbocycles. The van der Waals surface area contributed by atoms with Gasteiger partial charge in [-0.2, -0.15) is 15.6 Å². The normalized spacial score (nSPS) is 15.9. The van der Waals surface area contributed by atoms with Crippen LogP contribution in [0.1, 0.15) is 5.56 Å². The maximum Gasteiger partial charge on any atom is 0.269 e. The highest BCUT2D eigenvalue weighted by Crippen LogP contribution is 2.21. The molecule has 1 aromatic carbocycles. The number of hydrogen-bond acceptors (Lipinski definition) is 6. The van der Waals surface area contributed by atoms with E-state index in [-0.39, 0.29) is 29.6 Å². The molecule has 1 fully saturated rings. The van der Waals surface area contributed by atoms with Gasteiger partial charge in [0.1, 0.15) is 0 Å². The summed E-state index contributed by atoms with van der Waals surface area (Å²) in [6, 6.07) is 6.70. The van der Waals surface area contributed by atoms with Crippen LogP contribution in [-0.4, -0.2) is 54.6 Å². The Kier molecular flexibility index (Phi) is 5.68. The maximum atomic E-state index is 12.7. The van der Waals surface area contributed by atoms with Crippen LogP contribution in [0.15, 0.2) is 52.1 Å². The van der Waals surface area contributed by atoms with Gasteiger partial charge in [-0.3, -0.25) is 14.9 Å². The van der Waals surface area contributed by atoms with Crippen molar-refractivity contribution in [3.63, 3.8) is 0 Å². The molecule has 1 aliphatic rings. The van der Waals surface area contributed by atoms with E-state index < -0.39 is 14.9 Å². The minimum Gasteiger partial charge on any atom is -0.337 e. The zero-order valence-electron chi connectivity index (χ0n) is 14.2. The number of nitro benzene ring substituents is 1. The number of thiophene rings is 1. The third-order valence-electron chi connectivity index (χ3n) is 4.20. The number of nitrogens with zero attached hydrogens (tertiary/aromatic N) is 3. The van der Waals surface area contributed by atoms with Crippen LogP contribution >= 0.6 is 11.3 Å². The predicted octanol–water partition coefficient (Wildman–Crippen LogP) is 2.20. The Hall–Kier alpha value is -2.56. The van der Waals surface area contributed by atoms with Gasteiger partial charge in [-0.05, 0) is 40.6 Å². The number of carbonyl (C=O) groups excluding carboxylic acids is 1. The molecule has 1 aromatic heterocycles. The van der Waals surface area contributed by atoms with Crippen LogP contribution in [-0.2, 0) is 14.8 Å². The molecule has 1 amide bonds. The molecule has 0 unspecified atom stereocenters. The van der Waals surface area contributed by atoms with E-state index in [4.69, 9.17) is 0 Å². The third kappa shape index (κ3) is 4.41. The average Bonchev–Trinajstić information content (AvgIpc) is 3.20. The summed E-state index contributed by atoms with van der Waals surface area (Å²) in [7, 11) is -3.75. The van der Waals surface area contributed by atoms with Gasteiger partial charge in [-0.15, -0.1) is 0 Å². The summed E-state index contributed by atoms with van der Waals surface area (Å²) in [4.78, 5) is 24.0. The van der Waals surface area contributed by atoms with E-state index in [0.29, 0.717) is 13.1 Å². The van der Waals surface area contributed by atoms with Crippen LogP contribution in [0.4, 0.5) is 5.69 Å². The molecule has 8 nitrogen and oxygen atoms in total. The molecule has 0 N–H and O–H groups in total.